The molecule has 0 fully saturated rings. The third-order valence-corrected chi connectivity index (χ3v) is 5.02. The molecule has 0 saturated heterocycles. The molecule has 2 aromatic rings. The highest BCUT2D eigenvalue weighted by molar-refractivity contribution is 9.10. The van der Waals surface area contributed by atoms with Crippen LogP contribution < -0.4 is 0 Å². The second-order valence-electron chi connectivity index (χ2n) is 4.21. The number of nitro groups is 1. The number of benzene rings is 1. The fourth-order valence-corrected chi connectivity index (χ4v) is 3.65. The van der Waals surface area contributed by atoms with E-state index in [0.29, 0.717) is 16.2 Å². The van der Waals surface area contributed by atoms with Gasteiger partial charge in [0, 0.05) is 16.6 Å². The lowest BCUT2D eigenvalue weighted by atomic mass is 10.3. The maximum Gasteiger partial charge on any atom is 0.355 e. The maximum atomic E-state index is 13.4. The van der Waals surface area contributed by atoms with E-state index < -0.39 is 43.0 Å². The molecule has 1 heterocycles. The van der Waals surface area contributed by atoms with Gasteiger partial charge in [-0.05, 0) is 12.1 Å². The molecule has 0 aliphatic carbocycles. The molecule has 2 rings (SSSR count). The summed E-state index contributed by atoms with van der Waals surface area (Å²) in [6.07, 6.45) is 0.535. The Morgan fingerprint density at radius 1 is 1.39 bits per heavy atom. The van der Waals surface area contributed by atoms with Gasteiger partial charge >= 0.3 is 5.97 Å². The van der Waals surface area contributed by atoms with Crippen molar-refractivity contribution in [2.75, 3.05) is 7.11 Å². The largest absolute Gasteiger partial charge is 0.464 e. The van der Waals surface area contributed by atoms with Crippen LogP contribution >= 0.6 is 15.9 Å². The summed E-state index contributed by atoms with van der Waals surface area (Å²) >= 11 is 3.00. The van der Waals surface area contributed by atoms with E-state index in [1.165, 1.54) is 6.07 Å². The molecule has 1 aromatic carbocycles. The van der Waals surface area contributed by atoms with E-state index in [4.69, 9.17) is 0 Å². The van der Waals surface area contributed by atoms with Gasteiger partial charge in [-0.2, -0.15) is 0 Å². The van der Waals surface area contributed by atoms with E-state index in [1.54, 1.807) is 0 Å². The van der Waals surface area contributed by atoms with Crippen LogP contribution in [0.3, 0.4) is 0 Å². The third-order valence-electron chi connectivity index (χ3n) is 2.80. The number of carbonyl (C=O) groups is 1. The van der Waals surface area contributed by atoms with Crippen LogP contribution in [0.4, 0.5) is 10.1 Å². The minimum Gasteiger partial charge on any atom is -0.464 e. The molecule has 0 unspecified atom stereocenters. The third kappa shape index (κ3) is 3.10. The van der Waals surface area contributed by atoms with E-state index in [9.17, 15) is 27.7 Å². The van der Waals surface area contributed by atoms with Gasteiger partial charge in [-0.15, -0.1) is 0 Å². The molecule has 0 bridgehead atoms. The minimum atomic E-state index is -4.58. The van der Waals surface area contributed by atoms with Crippen LogP contribution in [-0.4, -0.2) is 30.4 Å². The summed E-state index contributed by atoms with van der Waals surface area (Å²) in [7, 11) is -3.59. The summed E-state index contributed by atoms with van der Waals surface area (Å²) < 4.78 is 43.6. The molecule has 11 heteroatoms. The molecule has 0 aliphatic heterocycles. The van der Waals surface area contributed by atoms with E-state index in [2.05, 4.69) is 20.7 Å². The molecule has 23 heavy (non-hydrogen) atoms. The van der Waals surface area contributed by atoms with Crippen molar-refractivity contribution in [3.8, 4) is 0 Å². The van der Waals surface area contributed by atoms with Crippen LogP contribution in [-0.2, 0) is 14.8 Å². The Hall–Kier alpha value is -2.27. The van der Waals surface area contributed by atoms with E-state index in [1.807, 2.05) is 0 Å². The van der Waals surface area contributed by atoms with Gasteiger partial charge < -0.3 is 4.74 Å². The number of esters is 1. The Bertz CT molecular complexity index is 908. The van der Waals surface area contributed by atoms with Crippen molar-refractivity contribution in [3.63, 3.8) is 0 Å². The summed E-state index contributed by atoms with van der Waals surface area (Å²) in [5, 5.41) is 11.1. The first-order valence-electron chi connectivity index (χ1n) is 5.84. The summed E-state index contributed by atoms with van der Waals surface area (Å²) in [6.45, 7) is 0. The number of hydrogen-bond donors (Lipinski definition) is 0. The fraction of sp³-hybridized carbons (Fsp3) is 0.0833. The fourth-order valence-electron chi connectivity index (χ4n) is 1.82. The lowest BCUT2D eigenvalue weighted by Gasteiger charge is -2.09. The number of nitrogens with zero attached hydrogens (tertiary/aromatic N) is 2. The lowest BCUT2D eigenvalue weighted by molar-refractivity contribution is -0.387. The van der Waals surface area contributed by atoms with Crippen LogP contribution in [0.25, 0.3) is 0 Å². The lowest BCUT2D eigenvalue weighted by Crippen LogP contribution is -2.19. The number of nitro benzene ring substituents is 1. The monoisotopic (exact) mass is 406 g/mol. The Balaban J connectivity index is 2.75. The minimum absolute atomic E-state index is 0.287. The number of methoxy groups -OCH3 is 1. The first kappa shape index (κ1) is 17.1. The molecule has 0 N–H and O–H groups in total. The normalized spacial score (nSPS) is 11.3. The van der Waals surface area contributed by atoms with Crippen molar-refractivity contribution < 1.29 is 27.3 Å². The highest BCUT2D eigenvalue weighted by Crippen LogP contribution is 2.30. The van der Waals surface area contributed by atoms with Crippen LogP contribution in [0.1, 0.15) is 10.5 Å². The second-order valence-corrected chi connectivity index (χ2v) is 6.90. The number of ether oxygens (including phenoxy) is 1. The molecule has 0 atom stereocenters. The molecule has 0 spiro atoms. The van der Waals surface area contributed by atoms with Gasteiger partial charge in [0.05, 0.1) is 18.2 Å². The van der Waals surface area contributed by atoms with Gasteiger partial charge in [0.1, 0.15) is 11.5 Å². The molecule has 8 nitrogen and oxygen atoms in total. The van der Waals surface area contributed by atoms with Gasteiger partial charge in [0.15, 0.2) is 4.90 Å². The van der Waals surface area contributed by atoms with Crippen molar-refractivity contribution >= 4 is 37.6 Å². The predicted molar refractivity (Wildman–Crippen MR) is 79.1 cm³/mol. The van der Waals surface area contributed by atoms with Gasteiger partial charge in [-0.25, -0.2) is 21.6 Å². The van der Waals surface area contributed by atoms with Crippen molar-refractivity contribution in [2.45, 2.75) is 4.90 Å². The molecule has 0 aliphatic rings. The van der Waals surface area contributed by atoms with Crippen LogP contribution in [0.15, 0.2) is 39.8 Å². The van der Waals surface area contributed by atoms with Gasteiger partial charge in [0.25, 0.3) is 15.7 Å². The number of halogens is 2. The zero-order chi connectivity index (χ0) is 17.4. The highest BCUT2D eigenvalue weighted by Gasteiger charge is 2.31. The zero-order valence-electron chi connectivity index (χ0n) is 11.4. The molecule has 0 radical (unpaired) electrons. The Labute approximate surface area is 137 Å². The Morgan fingerprint density at radius 2 is 2.04 bits per heavy atom. The zero-order valence-corrected chi connectivity index (χ0v) is 13.8. The van der Waals surface area contributed by atoms with E-state index >= 15 is 0 Å². The van der Waals surface area contributed by atoms with Crippen molar-refractivity contribution in [2.24, 2.45) is 0 Å². The molecule has 1 aromatic heterocycles. The first-order chi connectivity index (χ1) is 10.7. The average Bonchev–Trinajstić information content (AvgIpc) is 2.88. The standard InChI is InChI=1S/C12H8BrFN2O6S/c1-22-12(17)10-5-8(14)6-15(10)23(20,21)11-3-2-7(13)4-9(11)16(18)19/h2-6H,1H3. The van der Waals surface area contributed by atoms with Crippen molar-refractivity contribution in [1.29, 1.82) is 0 Å². The number of rotatable bonds is 4. The SMILES string of the molecule is COC(=O)c1cc(F)cn1S(=O)(=O)c1ccc(Br)cc1[N+](=O)[O-]. The molecule has 122 valence electrons. The molecular weight excluding hydrogens is 399 g/mol. The summed E-state index contributed by atoms with van der Waals surface area (Å²) in [6, 6.07) is 3.91. The van der Waals surface area contributed by atoms with Crippen LogP contribution in [0.2, 0.25) is 0 Å². The van der Waals surface area contributed by atoms with Crippen molar-refractivity contribution in [3.05, 3.63) is 56.6 Å². The van der Waals surface area contributed by atoms with Crippen molar-refractivity contribution in [1.82, 2.24) is 3.97 Å². The van der Waals surface area contributed by atoms with Gasteiger partial charge in [-0.3, -0.25) is 10.1 Å². The topological polar surface area (TPSA) is 109 Å². The number of carbonyl (C=O) groups excluding carboxylic acids is 1. The van der Waals surface area contributed by atoms with Gasteiger partial charge in [-0.1, -0.05) is 15.9 Å². The summed E-state index contributed by atoms with van der Waals surface area (Å²) in [4.78, 5) is 21.1. The van der Waals surface area contributed by atoms with Gasteiger partial charge in [0.2, 0.25) is 0 Å². The summed E-state index contributed by atoms with van der Waals surface area (Å²) in [5.74, 6) is -2.11. The predicted octanol–water partition coefficient (Wildman–Crippen LogP) is 2.32. The highest BCUT2D eigenvalue weighted by atomic mass is 79.9. The quantitative estimate of drug-likeness (QED) is 0.437. The number of hydrogen-bond acceptors (Lipinski definition) is 6. The molecule has 0 saturated carbocycles. The van der Waals surface area contributed by atoms with Crippen LogP contribution in [0.5, 0.6) is 0 Å². The maximum absolute atomic E-state index is 13.4. The second kappa shape index (κ2) is 6.08. The summed E-state index contributed by atoms with van der Waals surface area (Å²) in [5.41, 5.74) is -1.33. The van der Waals surface area contributed by atoms with E-state index in [-0.39, 0.29) is 4.47 Å². The Morgan fingerprint density at radius 3 is 2.61 bits per heavy atom. The van der Waals surface area contributed by atoms with Crippen LogP contribution in [0, 0.1) is 15.9 Å². The smallest absolute Gasteiger partial charge is 0.355 e. The Kier molecular flexibility index (Phi) is 4.52. The number of aromatic nitrogens is 1. The average molecular weight is 407 g/mol. The first-order valence-corrected chi connectivity index (χ1v) is 8.07. The molecular formula is C12H8BrFN2O6S. The van der Waals surface area contributed by atoms with E-state index in [0.717, 1.165) is 19.2 Å². The molecule has 0 amide bonds.